The summed E-state index contributed by atoms with van der Waals surface area (Å²) in [7, 11) is 0. The standard InChI is InChI=1S/C10H8O4.C6H10O4.C5H12O2.C4H10O7/c11-9-7-2-1-3-8(6-7)10(12)14-5-4-13-9;7-5(8)3-1-2-4-6(9)10;1-5(2,3-6)4-7;5-1-3(6)11-9-2-4(7)10-8/h1-3,6H,4-5H2;1-4H2,(H,7,8)(H,9,10);6-7H,3-4H2,1-2H3;3-8H,1-2H2. The molecule has 0 radical (unpaired) electrons. The molecule has 42 heavy (non-hydrogen) atoms. The van der Waals surface area contributed by atoms with Gasteiger partial charge < -0.3 is 45.2 Å². The Morgan fingerprint density at radius 1 is 0.881 bits per heavy atom. The molecule has 0 aliphatic carbocycles. The second-order valence-corrected chi connectivity index (χ2v) is 8.91. The van der Waals surface area contributed by atoms with Gasteiger partial charge in [0.05, 0.1) is 30.9 Å². The lowest BCUT2D eigenvalue weighted by Gasteiger charge is -2.16. The SMILES string of the molecule is CC(C)(CO)CO.O=C(O)CCCCC(=O)O.O=C1OCCOC(=O)c2cccc1c2.OCC(O)OOCC(O)OO. The lowest BCUT2D eigenvalue weighted by atomic mass is 9.97. The number of carbonyl (C=O) groups is 4. The van der Waals surface area contributed by atoms with E-state index in [0.717, 1.165) is 0 Å². The molecule has 2 atom stereocenters. The van der Waals surface area contributed by atoms with Gasteiger partial charge in [-0.3, -0.25) is 9.59 Å². The highest BCUT2D eigenvalue weighted by Gasteiger charge is 2.15. The number of hydrogen-bond donors (Lipinski definition) is 8. The monoisotopic (exact) mass is 612 g/mol. The van der Waals surface area contributed by atoms with E-state index in [4.69, 9.17) is 50.5 Å². The molecule has 1 aliphatic heterocycles. The van der Waals surface area contributed by atoms with Crippen molar-refractivity contribution in [3.63, 3.8) is 0 Å². The van der Waals surface area contributed by atoms with Gasteiger partial charge >= 0.3 is 23.9 Å². The summed E-state index contributed by atoms with van der Waals surface area (Å²) >= 11 is 0. The molecule has 1 aromatic carbocycles. The van der Waals surface area contributed by atoms with Crippen LogP contribution in [0.1, 0.15) is 60.2 Å². The molecule has 17 nitrogen and oxygen atoms in total. The second kappa shape index (κ2) is 24.3. The van der Waals surface area contributed by atoms with E-state index in [9.17, 15) is 19.2 Å². The molecule has 8 N–H and O–H groups in total. The van der Waals surface area contributed by atoms with Crippen molar-refractivity contribution in [2.45, 2.75) is 52.1 Å². The van der Waals surface area contributed by atoms with Crippen molar-refractivity contribution in [2.24, 2.45) is 5.41 Å². The maximum absolute atomic E-state index is 11.3. The van der Waals surface area contributed by atoms with Gasteiger partial charge in [-0.25, -0.2) is 29.5 Å². The largest absolute Gasteiger partial charge is 0.481 e. The number of aliphatic carboxylic acids is 2. The highest BCUT2D eigenvalue weighted by molar-refractivity contribution is 5.95. The molecule has 1 aromatic rings. The molecule has 0 spiro atoms. The third-order valence-corrected chi connectivity index (χ3v) is 4.44. The average Bonchev–Trinajstić information content (AvgIpc) is 3.01. The van der Waals surface area contributed by atoms with E-state index in [0.29, 0.717) is 24.0 Å². The fraction of sp³-hybridized carbons (Fsp3) is 0.600. The number of esters is 2. The molecule has 2 unspecified atom stereocenters. The summed E-state index contributed by atoms with van der Waals surface area (Å²) in [5, 5.41) is 65.9. The number of benzene rings is 1. The van der Waals surface area contributed by atoms with E-state index in [2.05, 4.69) is 14.7 Å². The van der Waals surface area contributed by atoms with Crippen molar-refractivity contribution in [1.82, 2.24) is 0 Å². The highest BCUT2D eigenvalue weighted by Crippen LogP contribution is 2.11. The summed E-state index contributed by atoms with van der Waals surface area (Å²) in [6.45, 7) is 2.78. The van der Waals surface area contributed by atoms with Crippen LogP contribution >= 0.6 is 0 Å². The van der Waals surface area contributed by atoms with E-state index < -0.39 is 49.7 Å². The first kappa shape index (κ1) is 40.9. The molecule has 17 heteroatoms. The number of fused-ring (bicyclic) bond motifs is 2. The quantitative estimate of drug-likeness (QED) is 0.0470. The number of carboxylic acid groups (broad SMARTS) is 2. The Morgan fingerprint density at radius 2 is 1.33 bits per heavy atom. The van der Waals surface area contributed by atoms with Crippen LogP contribution < -0.4 is 0 Å². The van der Waals surface area contributed by atoms with Gasteiger partial charge in [0, 0.05) is 18.3 Å². The first-order chi connectivity index (χ1) is 19.7. The first-order valence-electron chi connectivity index (χ1n) is 12.4. The van der Waals surface area contributed by atoms with E-state index in [1.807, 2.05) is 0 Å². The summed E-state index contributed by atoms with van der Waals surface area (Å²) in [4.78, 5) is 53.9. The van der Waals surface area contributed by atoms with Crippen LogP contribution in [-0.2, 0) is 33.7 Å². The Balaban J connectivity index is 0. The number of aliphatic hydroxyl groups is 5. The van der Waals surface area contributed by atoms with Crippen LogP contribution in [0.5, 0.6) is 0 Å². The van der Waals surface area contributed by atoms with Crippen molar-refractivity contribution in [2.75, 3.05) is 39.6 Å². The predicted octanol–water partition coefficient (Wildman–Crippen LogP) is -0.220. The van der Waals surface area contributed by atoms with Crippen LogP contribution in [0.15, 0.2) is 24.3 Å². The molecule has 2 rings (SSSR count). The number of cyclic esters (lactones) is 2. The number of rotatable bonds is 13. The van der Waals surface area contributed by atoms with Crippen molar-refractivity contribution < 1.29 is 84.3 Å². The molecular weight excluding hydrogens is 572 g/mol. The molecular formula is C25H40O17. The predicted molar refractivity (Wildman–Crippen MR) is 139 cm³/mol. The van der Waals surface area contributed by atoms with Gasteiger partial charge in [0.1, 0.15) is 19.8 Å². The summed E-state index contributed by atoms with van der Waals surface area (Å²) < 4.78 is 9.67. The third-order valence-electron chi connectivity index (χ3n) is 4.44. The Hall–Kier alpha value is -3.26. The van der Waals surface area contributed by atoms with Crippen molar-refractivity contribution >= 4 is 23.9 Å². The summed E-state index contributed by atoms with van der Waals surface area (Å²) in [6.07, 6.45) is -1.99. The minimum absolute atomic E-state index is 0.0451. The molecule has 1 heterocycles. The van der Waals surface area contributed by atoms with Crippen LogP contribution in [-0.4, -0.2) is 117 Å². The summed E-state index contributed by atoms with van der Waals surface area (Å²) in [6, 6.07) is 6.30. The van der Waals surface area contributed by atoms with Gasteiger partial charge in [0.15, 0.2) is 0 Å². The van der Waals surface area contributed by atoms with Gasteiger partial charge in [-0.05, 0) is 31.0 Å². The van der Waals surface area contributed by atoms with Crippen LogP contribution in [0.25, 0.3) is 0 Å². The zero-order valence-corrected chi connectivity index (χ0v) is 23.3. The van der Waals surface area contributed by atoms with E-state index >= 15 is 0 Å². The minimum atomic E-state index is -1.54. The van der Waals surface area contributed by atoms with Crippen molar-refractivity contribution in [3.05, 3.63) is 35.4 Å². The molecule has 0 aromatic heterocycles. The third kappa shape index (κ3) is 23.4. The molecule has 1 aliphatic rings. The number of aliphatic hydroxyl groups excluding tert-OH is 5. The van der Waals surface area contributed by atoms with Crippen LogP contribution in [0.2, 0.25) is 0 Å². The van der Waals surface area contributed by atoms with Crippen LogP contribution in [0.3, 0.4) is 0 Å². The zero-order valence-electron chi connectivity index (χ0n) is 23.3. The smallest absolute Gasteiger partial charge is 0.338 e. The number of hydrogen-bond acceptors (Lipinski definition) is 15. The number of carboxylic acids is 2. The van der Waals surface area contributed by atoms with Gasteiger partial charge in [0.2, 0.25) is 12.6 Å². The van der Waals surface area contributed by atoms with Crippen LogP contribution in [0, 0.1) is 5.41 Å². The molecule has 0 fully saturated rings. The first-order valence-corrected chi connectivity index (χ1v) is 12.4. The Kier molecular flexibility index (Phi) is 23.7. The average molecular weight is 613 g/mol. The lowest BCUT2D eigenvalue weighted by molar-refractivity contribution is -0.417. The molecule has 0 saturated heterocycles. The Bertz CT molecular complexity index is 839. The molecule has 0 saturated carbocycles. The van der Waals surface area contributed by atoms with E-state index in [1.165, 1.54) is 6.07 Å². The maximum Gasteiger partial charge on any atom is 0.338 e. The fourth-order valence-corrected chi connectivity index (χ4v) is 2.05. The van der Waals surface area contributed by atoms with Crippen LogP contribution in [0.4, 0.5) is 0 Å². The van der Waals surface area contributed by atoms with Gasteiger partial charge in [-0.15, -0.1) is 0 Å². The lowest BCUT2D eigenvalue weighted by Crippen LogP contribution is -2.22. The zero-order chi connectivity index (χ0) is 32.6. The number of carbonyl (C=O) groups excluding carboxylic acids is 2. The van der Waals surface area contributed by atoms with Crippen molar-refractivity contribution in [3.8, 4) is 0 Å². The molecule has 242 valence electrons. The number of ether oxygens (including phenoxy) is 2. The number of unbranched alkanes of at least 4 members (excludes halogenated alkanes) is 1. The topological polar surface area (TPSA) is 276 Å². The van der Waals surface area contributed by atoms with Gasteiger partial charge in [0.25, 0.3) is 0 Å². The van der Waals surface area contributed by atoms with E-state index in [-0.39, 0.29) is 44.7 Å². The minimum Gasteiger partial charge on any atom is -0.481 e. The fourth-order valence-electron chi connectivity index (χ4n) is 2.05. The van der Waals surface area contributed by atoms with Gasteiger partial charge in [-0.2, -0.15) is 0 Å². The van der Waals surface area contributed by atoms with Crippen molar-refractivity contribution in [1.29, 1.82) is 0 Å². The maximum atomic E-state index is 11.3. The second-order valence-electron chi connectivity index (χ2n) is 8.91. The molecule has 0 amide bonds. The Labute approximate surface area is 241 Å². The van der Waals surface area contributed by atoms with Gasteiger partial charge in [-0.1, -0.05) is 19.9 Å². The summed E-state index contributed by atoms with van der Waals surface area (Å²) in [5.41, 5.74) is 0.447. The van der Waals surface area contributed by atoms with E-state index in [1.54, 1.807) is 32.0 Å². The normalized spacial score (nSPS) is 13.8. The Morgan fingerprint density at radius 3 is 1.67 bits per heavy atom. The molecule has 2 bridgehead atoms. The highest BCUT2D eigenvalue weighted by atomic mass is 17.2. The summed E-state index contributed by atoms with van der Waals surface area (Å²) in [5.74, 6) is -2.59.